The van der Waals surface area contributed by atoms with Crippen molar-refractivity contribution in [3.8, 4) is 0 Å². The second kappa shape index (κ2) is 38.0. The SMILES string of the molecule is C.C.CCO[Si](CCCOCC1CO1)(OCC)OCC.CCO[Si](CCCO[Si](OC)(OC)OC)(OCC)OCC.CO[Si](CCCOC(C)=O)(OC)OC. The first kappa shape index (κ1) is 61.4. The maximum Gasteiger partial charge on any atom is 0.678 e. The van der Waals surface area contributed by atoms with Gasteiger partial charge in [0.1, 0.15) is 6.10 Å². The summed E-state index contributed by atoms with van der Waals surface area (Å²) in [5, 5.41) is 0. The van der Waals surface area contributed by atoms with Crippen molar-refractivity contribution < 1.29 is 76.5 Å². The van der Waals surface area contributed by atoms with Gasteiger partial charge < -0.3 is 71.7 Å². The van der Waals surface area contributed by atoms with E-state index in [1.54, 1.807) is 21.3 Å². The molecule has 1 saturated heterocycles. The van der Waals surface area contributed by atoms with Crippen molar-refractivity contribution in [2.45, 2.75) is 107 Å². The fourth-order valence-corrected chi connectivity index (χ4v) is 12.8. The second-order valence-electron chi connectivity index (χ2n) is 10.9. The van der Waals surface area contributed by atoms with E-state index in [2.05, 4.69) is 0 Å². The summed E-state index contributed by atoms with van der Waals surface area (Å²) >= 11 is 0. The molecule has 1 aliphatic rings. The standard InChI is InChI=1S/C12H30O7Si2.C12H26O5Si.C8H18O5Si.2CH4/c1-7-16-20(17-8-2,18-9-3)12-10-11-19-21(13-4,14-5)15-6;1-4-15-18(16-5-2,17-6-3)9-7-8-13-10-12-11-14-12;1-8(9)13-6-5-7-14(10-2,11-3)12-4;;/h7-12H2,1-6H3;12H,4-11H2,1-3H3;5-7H2,1-4H3;2*1H4. The van der Waals surface area contributed by atoms with Crippen molar-refractivity contribution in [1.82, 2.24) is 0 Å². The maximum absolute atomic E-state index is 10.5. The van der Waals surface area contributed by atoms with Gasteiger partial charge in [0.15, 0.2) is 0 Å². The summed E-state index contributed by atoms with van der Waals surface area (Å²) in [7, 11) is -1.31. The van der Waals surface area contributed by atoms with E-state index >= 15 is 0 Å². The lowest BCUT2D eigenvalue weighted by atomic mass is 10.5. The number of carbonyl (C=O) groups is 1. The highest BCUT2D eigenvalue weighted by Gasteiger charge is 2.44. The Balaban J connectivity index is -0.000000355. The first-order chi connectivity index (χ1) is 25.4. The van der Waals surface area contributed by atoms with Gasteiger partial charge >= 0.3 is 41.4 Å². The van der Waals surface area contributed by atoms with E-state index in [0.717, 1.165) is 25.5 Å². The van der Waals surface area contributed by atoms with Crippen LogP contribution in [0.15, 0.2) is 0 Å². The third-order valence-corrected chi connectivity index (χ3v) is 18.4. The molecule has 0 radical (unpaired) electrons. The molecule has 1 atom stereocenters. The number of carbonyl (C=O) groups excluding carboxylic acids is 1. The lowest BCUT2D eigenvalue weighted by Crippen LogP contribution is -2.48. The molecule has 0 spiro atoms. The van der Waals surface area contributed by atoms with E-state index in [0.29, 0.717) is 90.7 Å². The first-order valence-electron chi connectivity index (χ1n) is 18.5. The number of rotatable bonds is 33. The van der Waals surface area contributed by atoms with Gasteiger partial charge in [0.25, 0.3) is 0 Å². The van der Waals surface area contributed by atoms with E-state index in [-0.39, 0.29) is 20.8 Å². The Hall–Kier alpha value is -0.262. The highest BCUT2D eigenvalue weighted by Crippen LogP contribution is 2.20. The third kappa shape index (κ3) is 28.7. The van der Waals surface area contributed by atoms with Crippen LogP contribution in [0.5, 0.6) is 0 Å². The van der Waals surface area contributed by atoms with E-state index in [1.807, 2.05) is 41.5 Å². The third-order valence-electron chi connectivity index (χ3n) is 7.19. The summed E-state index contributed by atoms with van der Waals surface area (Å²) in [5.74, 6) is -0.274. The van der Waals surface area contributed by atoms with Gasteiger partial charge in [-0.05, 0) is 60.8 Å². The molecular weight excluding hydrogens is 793 g/mol. The topological polar surface area (TPSA) is 168 Å². The van der Waals surface area contributed by atoms with Gasteiger partial charge in [-0.15, -0.1) is 0 Å². The van der Waals surface area contributed by atoms with E-state index in [1.165, 1.54) is 28.3 Å². The molecule has 1 unspecified atom stereocenters. The molecule has 0 aromatic heterocycles. The quantitative estimate of drug-likeness (QED) is 0.0338. The predicted molar refractivity (Wildman–Crippen MR) is 220 cm³/mol. The molecule has 21 heteroatoms. The van der Waals surface area contributed by atoms with Gasteiger partial charge in [-0.3, -0.25) is 4.79 Å². The van der Waals surface area contributed by atoms with Gasteiger partial charge in [0, 0.05) is 121 Å². The Morgan fingerprint density at radius 1 is 0.527 bits per heavy atom. The van der Waals surface area contributed by atoms with Crippen LogP contribution in [0.3, 0.4) is 0 Å². The van der Waals surface area contributed by atoms with Crippen LogP contribution < -0.4 is 0 Å². The smallest absolute Gasteiger partial charge is 0.466 e. The molecular formula is C34H82O17Si4. The number of epoxide rings is 1. The molecule has 0 aromatic carbocycles. The lowest BCUT2D eigenvalue weighted by molar-refractivity contribution is -0.141. The van der Waals surface area contributed by atoms with Crippen molar-refractivity contribution in [2.75, 3.05) is 115 Å². The van der Waals surface area contributed by atoms with Gasteiger partial charge in [-0.2, -0.15) is 0 Å². The molecule has 1 aliphatic heterocycles. The molecule has 0 N–H and O–H groups in total. The molecule has 55 heavy (non-hydrogen) atoms. The van der Waals surface area contributed by atoms with Crippen LogP contribution in [0.4, 0.5) is 0 Å². The summed E-state index contributed by atoms with van der Waals surface area (Å²) in [6.45, 7) is 19.8. The highest BCUT2D eigenvalue weighted by molar-refractivity contribution is 6.61. The molecule has 0 aromatic rings. The average Bonchev–Trinajstić information content (AvgIpc) is 3.98. The monoisotopic (exact) mass is 874 g/mol. The minimum absolute atomic E-state index is 0. The Morgan fingerprint density at radius 3 is 1.18 bits per heavy atom. The van der Waals surface area contributed by atoms with E-state index in [9.17, 15) is 4.79 Å². The number of esters is 1. The van der Waals surface area contributed by atoms with Crippen molar-refractivity contribution in [2.24, 2.45) is 0 Å². The Bertz CT molecular complexity index is 791. The lowest BCUT2D eigenvalue weighted by Gasteiger charge is -2.29. The molecule has 0 bridgehead atoms. The zero-order valence-corrected chi connectivity index (χ0v) is 39.0. The van der Waals surface area contributed by atoms with Crippen molar-refractivity contribution in [1.29, 1.82) is 0 Å². The van der Waals surface area contributed by atoms with Crippen LogP contribution in [0, 0.1) is 0 Å². The fraction of sp³-hybridized carbons (Fsp3) is 0.971. The largest absolute Gasteiger partial charge is 0.678 e. The van der Waals surface area contributed by atoms with Crippen molar-refractivity contribution in [3.63, 3.8) is 0 Å². The normalized spacial score (nSPS) is 14.1. The van der Waals surface area contributed by atoms with Crippen LogP contribution >= 0.6 is 0 Å². The zero-order valence-electron chi connectivity index (χ0n) is 35.0. The number of hydrogen-bond donors (Lipinski definition) is 0. The highest BCUT2D eigenvalue weighted by atomic mass is 28.4. The van der Waals surface area contributed by atoms with Crippen LogP contribution in [0.25, 0.3) is 0 Å². The molecule has 17 nitrogen and oxygen atoms in total. The summed E-state index contributed by atoms with van der Waals surface area (Å²) in [4.78, 5) is 10.5. The molecule has 0 aliphatic carbocycles. The molecule has 336 valence electrons. The predicted octanol–water partition coefficient (Wildman–Crippen LogP) is 5.75. The van der Waals surface area contributed by atoms with Gasteiger partial charge in [0.05, 0.1) is 19.8 Å². The minimum atomic E-state index is -2.98. The molecule has 1 fully saturated rings. The minimum Gasteiger partial charge on any atom is -0.466 e. The van der Waals surface area contributed by atoms with Crippen LogP contribution in [-0.4, -0.2) is 163 Å². The van der Waals surface area contributed by atoms with Gasteiger partial charge in [-0.25, -0.2) is 0 Å². The Morgan fingerprint density at radius 2 is 0.873 bits per heavy atom. The van der Waals surface area contributed by atoms with E-state index < -0.39 is 35.5 Å². The van der Waals surface area contributed by atoms with Gasteiger partial charge in [0.2, 0.25) is 0 Å². The van der Waals surface area contributed by atoms with E-state index in [4.69, 9.17) is 71.7 Å². The Kier molecular flexibility index (Phi) is 42.4. The molecule has 0 saturated carbocycles. The average molecular weight is 875 g/mol. The summed E-state index contributed by atoms with van der Waals surface area (Å²) in [5.41, 5.74) is 0. The second-order valence-corrected chi connectivity index (χ2v) is 22.0. The fourth-order valence-electron chi connectivity index (χ4n) is 4.75. The Labute approximate surface area is 339 Å². The van der Waals surface area contributed by atoms with Crippen molar-refractivity contribution >= 4 is 41.4 Å². The van der Waals surface area contributed by atoms with Crippen molar-refractivity contribution in [3.05, 3.63) is 0 Å². The summed E-state index contributed by atoms with van der Waals surface area (Å²) in [6, 6.07) is 2.14. The molecule has 1 rings (SSSR count). The summed E-state index contributed by atoms with van der Waals surface area (Å²) in [6.07, 6.45) is 2.63. The van der Waals surface area contributed by atoms with Crippen LogP contribution in [-0.2, 0) is 76.5 Å². The molecule has 1 heterocycles. The maximum atomic E-state index is 10.5. The number of ether oxygens (including phenoxy) is 3. The molecule has 0 amide bonds. The van der Waals surface area contributed by atoms with Crippen LogP contribution in [0.1, 0.15) is 82.6 Å². The summed E-state index contributed by atoms with van der Waals surface area (Å²) < 4.78 is 86.8. The number of hydrogen-bond acceptors (Lipinski definition) is 17. The van der Waals surface area contributed by atoms with Gasteiger partial charge in [-0.1, -0.05) is 14.9 Å². The first-order valence-corrected chi connectivity index (χ1v) is 26.0. The van der Waals surface area contributed by atoms with Crippen LogP contribution in [0.2, 0.25) is 18.1 Å². The zero-order chi connectivity index (χ0) is 40.5.